The maximum Gasteiger partial charge on any atom is 0.223 e. The van der Waals surface area contributed by atoms with Gasteiger partial charge in [0.25, 0.3) is 0 Å². The predicted molar refractivity (Wildman–Crippen MR) is 53.4 cm³/mol. The molecule has 6 nitrogen and oxygen atoms in total. The van der Waals surface area contributed by atoms with Crippen LogP contribution in [-0.4, -0.2) is 20.1 Å². The summed E-state index contributed by atoms with van der Waals surface area (Å²) < 4.78 is 4.82. The van der Waals surface area contributed by atoms with E-state index in [0.29, 0.717) is 29.2 Å². The average Bonchev–Trinajstić information content (AvgIpc) is 2.62. The minimum absolute atomic E-state index is 0.386. The summed E-state index contributed by atoms with van der Waals surface area (Å²) in [6, 6.07) is 1.62. The number of aromatic nitrogens is 4. The lowest BCUT2D eigenvalue weighted by molar-refractivity contribution is 0.388. The molecule has 0 unspecified atom stereocenters. The summed E-state index contributed by atoms with van der Waals surface area (Å²) in [5.74, 6) is 1.73. The van der Waals surface area contributed by atoms with Crippen LogP contribution in [0.1, 0.15) is 11.7 Å². The molecule has 0 fully saturated rings. The van der Waals surface area contributed by atoms with Crippen LogP contribution >= 0.6 is 11.6 Å². The number of aryl methyl sites for hydroxylation is 1. The minimum Gasteiger partial charge on any atom is -0.362 e. The Kier molecular flexibility index (Phi) is 2.77. The van der Waals surface area contributed by atoms with Gasteiger partial charge in [0.1, 0.15) is 17.3 Å². The van der Waals surface area contributed by atoms with Crippen LogP contribution in [0.25, 0.3) is 0 Å². The fourth-order valence-electron chi connectivity index (χ4n) is 1.01. The van der Waals surface area contributed by atoms with E-state index >= 15 is 0 Å². The van der Waals surface area contributed by atoms with Crippen molar-refractivity contribution in [3.05, 3.63) is 29.3 Å². The zero-order valence-corrected chi connectivity index (χ0v) is 8.69. The van der Waals surface area contributed by atoms with Crippen LogP contribution in [0.3, 0.4) is 0 Å². The summed E-state index contributed by atoms with van der Waals surface area (Å²) in [6.45, 7) is 2.17. The van der Waals surface area contributed by atoms with E-state index < -0.39 is 0 Å². The van der Waals surface area contributed by atoms with Gasteiger partial charge in [0, 0.05) is 13.0 Å². The fourth-order valence-corrected chi connectivity index (χ4v) is 1.16. The molecule has 2 heterocycles. The third kappa shape index (κ3) is 2.63. The van der Waals surface area contributed by atoms with Crippen LogP contribution in [0.2, 0.25) is 5.15 Å². The molecule has 0 aromatic carbocycles. The molecule has 15 heavy (non-hydrogen) atoms. The first-order chi connectivity index (χ1) is 7.24. The lowest BCUT2D eigenvalue weighted by Crippen LogP contribution is -2.03. The van der Waals surface area contributed by atoms with Crippen LogP contribution in [0.5, 0.6) is 0 Å². The number of hydrogen-bond acceptors (Lipinski definition) is 6. The van der Waals surface area contributed by atoms with Crippen LogP contribution < -0.4 is 5.32 Å². The molecule has 0 aliphatic rings. The zero-order chi connectivity index (χ0) is 10.7. The van der Waals surface area contributed by atoms with Gasteiger partial charge in [0.2, 0.25) is 5.89 Å². The summed E-state index contributed by atoms with van der Waals surface area (Å²) in [4.78, 5) is 11.8. The molecule has 7 heteroatoms. The molecule has 0 aliphatic carbocycles. The van der Waals surface area contributed by atoms with Crippen molar-refractivity contribution in [2.24, 2.45) is 0 Å². The van der Waals surface area contributed by atoms with Gasteiger partial charge in [-0.3, -0.25) is 0 Å². The molecule has 0 amide bonds. The smallest absolute Gasteiger partial charge is 0.223 e. The SMILES string of the molecule is Cc1nc(CNc2cc(Cl)ncn2)no1. The van der Waals surface area contributed by atoms with Crippen molar-refractivity contribution in [2.45, 2.75) is 13.5 Å². The van der Waals surface area contributed by atoms with Gasteiger partial charge < -0.3 is 9.84 Å². The number of hydrogen-bond donors (Lipinski definition) is 1. The lowest BCUT2D eigenvalue weighted by Gasteiger charge is -2.00. The van der Waals surface area contributed by atoms with Crippen LogP contribution in [-0.2, 0) is 6.54 Å². The van der Waals surface area contributed by atoms with E-state index in [2.05, 4.69) is 25.4 Å². The largest absolute Gasteiger partial charge is 0.362 e. The quantitative estimate of drug-likeness (QED) is 0.797. The van der Waals surface area contributed by atoms with Gasteiger partial charge in [-0.1, -0.05) is 16.8 Å². The van der Waals surface area contributed by atoms with Crippen molar-refractivity contribution in [1.82, 2.24) is 20.1 Å². The van der Waals surface area contributed by atoms with Crippen molar-refractivity contribution in [3.8, 4) is 0 Å². The maximum atomic E-state index is 5.69. The molecule has 78 valence electrons. The standard InChI is InChI=1S/C8H8ClN5O/c1-5-13-8(14-15-5)3-10-7-2-6(9)11-4-12-7/h2,4H,3H2,1H3,(H,10,11,12). The second-order valence-electron chi connectivity index (χ2n) is 2.81. The third-order valence-electron chi connectivity index (χ3n) is 1.63. The van der Waals surface area contributed by atoms with E-state index in [0.717, 1.165) is 0 Å². The Hall–Kier alpha value is -1.69. The highest BCUT2D eigenvalue weighted by atomic mass is 35.5. The highest BCUT2D eigenvalue weighted by Crippen LogP contribution is 2.09. The number of halogens is 1. The van der Waals surface area contributed by atoms with E-state index in [-0.39, 0.29) is 0 Å². The van der Waals surface area contributed by atoms with Gasteiger partial charge >= 0.3 is 0 Å². The zero-order valence-electron chi connectivity index (χ0n) is 7.94. The molecule has 0 atom stereocenters. The summed E-state index contributed by atoms with van der Waals surface area (Å²) >= 11 is 5.69. The van der Waals surface area contributed by atoms with Gasteiger partial charge in [-0.15, -0.1) is 0 Å². The van der Waals surface area contributed by atoms with Crippen molar-refractivity contribution in [3.63, 3.8) is 0 Å². The molecule has 0 saturated carbocycles. The van der Waals surface area contributed by atoms with Gasteiger partial charge in [-0.05, 0) is 0 Å². The first-order valence-electron chi connectivity index (χ1n) is 4.24. The summed E-state index contributed by atoms with van der Waals surface area (Å²) in [5, 5.41) is 7.11. The highest BCUT2D eigenvalue weighted by molar-refractivity contribution is 6.29. The minimum atomic E-state index is 0.386. The number of nitrogens with one attached hydrogen (secondary N) is 1. The number of rotatable bonds is 3. The highest BCUT2D eigenvalue weighted by Gasteiger charge is 2.02. The molecule has 0 saturated heterocycles. The van der Waals surface area contributed by atoms with Gasteiger partial charge in [0.05, 0.1) is 6.54 Å². The normalized spacial score (nSPS) is 10.3. The monoisotopic (exact) mass is 225 g/mol. The summed E-state index contributed by atoms with van der Waals surface area (Å²) in [7, 11) is 0. The van der Waals surface area contributed by atoms with Crippen molar-refractivity contribution in [2.75, 3.05) is 5.32 Å². The first kappa shape index (κ1) is 9.85. The Balaban J connectivity index is 1.99. The molecule has 0 spiro atoms. The third-order valence-corrected chi connectivity index (χ3v) is 1.84. The van der Waals surface area contributed by atoms with Gasteiger partial charge in [-0.25, -0.2) is 9.97 Å². The Morgan fingerprint density at radius 1 is 1.47 bits per heavy atom. The van der Waals surface area contributed by atoms with E-state index in [9.17, 15) is 0 Å². The molecule has 0 aliphatic heterocycles. The first-order valence-corrected chi connectivity index (χ1v) is 4.62. The molecule has 1 N–H and O–H groups in total. The van der Waals surface area contributed by atoms with Crippen molar-refractivity contribution < 1.29 is 4.52 Å². The Bertz CT molecular complexity index is 458. The summed E-state index contributed by atoms with van der Waals surface area (Å²) in [6.07, 6.45) is 1.38. The Morgan fingerprint density at radius 3 is 3.00 bits per heavy atom. The second-order valence-corrected chi connectivity index (χ2v) is 3.20. The van der Waals surface area contributed by atoms with Crippen molar-refractivity contribution >= 4 is 17.4 Å². The molecular weight excluding hydrogens is 218 g/mol. The summed E-state index contributed by atoms with van der Waals surface area (Å²) in [5.41, 5.74) is 0. The molecule has 2 aromatic heterocycles. The Morgan fingerprint density at radius 2 is 2.33 bits per heavy atom. The topological polar surface area (TPSA) is 76.7 Å². The average molecular weight is 226 g/mol. The molecule has 2 rings (SSSR count). The van der Waals surface area contributed by atoms with Gasteiger partial charge in [0.15, 0.2) is 5.82 Å². The number of anilines is 1. The van der Waals surface area contributed by atoms with E-state index in [1.165, 1.54) is 6.33 Å². The molecule has 2 aromatic rings. The van der Waals surface area contributed by atoms with E-state index in [4.69, 9.17) is 16.1 Å². The fraction of sp³-hybridized carbons (Fsp3) is 0.250. The predicted octanol–water partition coefficient (Wildman–Crippen LogP) is 1.43. The van der Waals surface area contributed by atoms with E-state index in [1.807, 2.05) is 0 Å². The molecule has 0 radical (unpaired) electrons. The van der Waals surface area contributed by atoms with Crippen molar-refractivity contribution in [1.29, 1.82) is 0 Å². The lowest BCUT2D eigenvalue weighted by atomic mass is 10.5. The van der Waals surface area contributed by atoms with Gasteiger partial charge in [-0.2, -0.15) is 4.98 Å². The van der Waals surface area contributed by atoms with Crippen LogP contribution in [0.4, 0.5) is 5.82 Å². The molecule has 0 bridgehead atoms. The molecular formula is C8H8ClN5O. The van der Waals surface area contributed by atoms with Crippen LogP contribution in [0, 0.1) is 6.92 Å². The van der Waals surface area contributed by atoms with Crippen LogP contribution in [0.15, 0.2) is 16.9 Å². The second kappa shape index (κ2) is 4.22. The maximum absolute atomic E-state index is 5.69. The van der Waals surface area contributed by atoms with E-state index in [1.54, 1.807) is 13.0 Å². The Labute approximate surface area is 90.7 Å². The number of nitrogens with zero attached hydrogens (tertiary/aromatic N) is 4.